The molecule has 2 fully saturated rings. The molecule has 0 saturated carbocycles. The number of aliphatic hydroxyl groups is 1. The van der Waals surface area contributed by atoms with Gasteiger partial charge >= 0.3 is 0 Å². The molecule has 446 valence electrons. The lowest BCUT2D eigenvalue weighted by Crippen LogP contribution is -2.57. The molecular formula is C65H88N10O7S. The second-order valence-electron chi connectivity index (χ2n) is 24.1. The van der Waals surface area contributed by atoms with Crippen molar-refractivity contribution < 1.29 is 33.9 Å². The zero-order chi connectivity index (χ0) is 59.8. The molecule has 4 amide bonds. The number of amides is 4. The van der Waals surface area contributed by atoms with Crippen LogP contribution in [0.5, 0.6) is 0 Å². The Morgan fingerprint density at radius 3 is 2.12 bits per heavy atom. The van der Waals surface area contributed by atoms with Crippen molar-refractivity contribution in [2.45, 2.75) is 170 Å². The first kappa shape index (κ1) is 63.7. The number of allylic oxidation sites excluding steroid dienone is 4. The third-order valence-electron chi connectivity index (χ3n) is 15.9. The van der Waals surface area contributed by atoms with Crippen LogP contribution in [0.1, 0.15) is 159 Å². The van der Waals surface area contributed by atoms with Crippen molar-refractivity contribution >= 4 is 64.3 Å². The highest BCUT2D eigenvalue weighted by molar-refractivity contribution is 7.13. The van der Waals surface area contributed by atoms with Gasteiger partial charge in [0.25, 0.3) is 0 Å². The van der Waals surface area contributed by atoms with Gasteiger partial charge in [-0.3, -0.25) is 33.7 Å². The molecule has 3 aliphatic rings. The van der Waals surface area contributed by atoms with Crippen LogP contribution in [0.3, 0.4) is 0 Å². The fourth-order valence-electron chi connectivity index (χ4n) is 11.3. The van der Waals surface area contributed by atoms with Crippen molar-refractivity contribution in [1.29, 1.82) is 5.41 Å². The molecule has 0 spiro atoms. The summed E-state index contributed by atoms with van der Waals surface area (Å²) in [6.45, 7) is 20.5. The van der Waals surface area contributed by atoms with Gasteiger partial charge in [0.2, 0.25) is 23.6 Å². The number of nitrogens with zero attached hydrogens (tertiary/aromatic N) is 5. The molecule has 7 rings (SSSR count). The predicted octanol–water partition coefficient (Wildman–Crippen LogP) is 9.76. The number of Topliss-reactive ketones (excluding diaryl/α,β-unsaturated/α-hetero) is 2. The largest absolute Gasteiger partial charge is 0.391 e. The van der Waals surface area contributed by atoms with E-state index in [4.69, 9.17) is 10.4 Å². The number of aromatic nitrogens is 2. The summed E-state index contributed by atoms with van der Waals surface area (Å²) in [6.07, 6.45) is 12.4. The van der Waals surface area contributed by atoms with Crippen LogP contribution in [0.2, 0.25) is 0 Å². The maximum atomic E-state index is 14.1. The molecule has 2 aliphatic heterocycles. The number of nitrogens with one attached hydrogen (secondary N) is 5. The Hall–Kier alpha value is -6.89. The quantitative estimate of drug-likeness (QED) is 0.0177. The third kappa shape index (κ3) is 18.1. The Morgan fingerprint density at radius 2 is 1.51 bits per heavy atom. The Kier molecular flexibility index (Phi) is 23.1. The van der Waals surface area contributed by atoms with Gasteiger partial charge in [0, 0.05) is 125 Å². The van der Waals surface area contributed by atoms with E-state index in [-0.39, 0.29) is 73.6 Å². The Bertz CT molecular complexity index is 2990. The van der Waals surface area contributed by atoms with Gasteiger partial charge in [0.15, 0.2) is 11.6 Å². The normalized spacial score (nSPS) is 17.1. The topological polar surface area (TPSA) is 230 Å². The third-order valence-corrected chi connectivity index (χ3v) is 16.9. The number of rotatable bonds is 28. The van der Waals surface area contributed by atoms with E-state index >= 15 is 0 Å². The summed E-state index contributed by atoms with van der Waals surface area (Å²) in [5, 5.41) is 31.3. The highest BCUT2D eigenvalue weighted by Crippen LogP contribution is 2.33. The molecule has 2 aromatic carbocycles. The average molecular weight is 1150 g/mol. The molecule has 4 aromatic rings. The van der Waals surface area contributed by atoms with Crippen molar-refractivity contribution in [2.75, 3.05) is 56.0 Å². The summed E-state index contributed by atoms with van der Waals surface area (Å²) >= 11 is 1.58. The van der Waals surface area contributed by atoms with Crippen molar-refractivity contribution in [3.63, 3.8) is 0 Å². The maximum absolute atomic E-state index is 14.1. The van der Waals surface area contributed by atoms with Crippen LogP contribution in [-0.2, 0) is 30.5 Å². The van der Waals surface area contributed by atoms with Crippen LogP contribution >= 0.6 is 11.3 Å². The van der Waals surface area contributed by atoms with Gasteiger partial charge in [0.1, 0.15) is 17.9 Å². The standard InChI is InChI=1S/C65H88N10O7S/c1-42(2)71-54-35-49(34-52(53(54)37-66)56(77)24-23-51-44(4)32-43(3)33-57(51)78)48-22-25-58(68-39-48)74-30-28-73(29-31-74)27-26-67-59(79)16-14-12-10-9-11-13-15-17-60(80)72-62(65(6,7)8)64(82)75-40-50(76)36-55(75)63(81)69-38-46-18-20-47(21-19-46)61-45(5)70-41-83-61/h18-22,25,32,34-35,37,39,41-42,50,55,62,66,71,76H,9-17,23-24,26-31,33,36,38,40H2,1-8H3,(H,67,79)(H,69,81)(H,72,80)/t50-,55+,62-/m1/s1. The molecule has 3 atom stereocenters. The number of hydrogen-bond donors (Lipinski definition) is 6. The minimum Gasteiger partial charge on any atom is -0.391 e. The van der Waals surface area contributed by atoms with Gasteiger partial charge < -0.3 is 41.6 Å². The summed E-state index contributed by atoms with van der Waals surface area (Å²) < 4.78 is 0. The molecule has 2 aromatic heterocycles. The number of aryl methyl sites for hydroxylation is 1. The number of thiazole rings is 1. The zero-order valence-corrected chi connectivity index (χ0v) is 50.9. The van der Waals surface area contributed by atoms with Crippen molar-refractivity contribution in [2.24, 2.45) is 5.41 Å². The summed E-state index contributed by atoms with van der Waals surface area (Å²) in [5.41, 5.74) is 10.2. The maximum Gasteiger partial charge on any atom is 0.246 e. The molecule has 2 saturated heterocycles. The Labute approximate surface area is 495 Å². The van der Waals surface area contributed by atoms with E-state index in [2.05, 4.69) is 36.1 Å². The van der Waals surface area contributed by atoms with E-state index in [1.807, 2.05) is 122 Å². The van der Waals surface area contributed by atoms with Crippen LogP contribution in [0, 0.1) is 17.7 Å². The molecule has 0 unspecified atom stereocenters. The number of piperazine rings is 1. The summed E-state index contributed by atoms with van der Waals surface area (Å²) in [4.78, 5) is 96.5. The number of benzene rings is 2. The molecule has 0 radical (unpaired) electrons. The second-order valence-corrected chi connectivity index (χ2v) is 25.0. The van der Waals surface area contributed by atoms with E-state index < -0.39 is 23.6 Å². The van der Waals surface area contributed by atoms with E-state index in [1.54, 1.807) is 11.3 Å². The molecule has 17 nitrogen and oxygen atoms in total. The van der Waals surface area contributed by atoms with Crippen LogP contribution in [0.4, 0.5) is 11.5 Å². The minimum atomic E-state index is -0.866. The molecule has 83 heavy (non-hydrogen) atoms. The molecule has 4 heterocycles. The number of ketones is 2. The number of carbonyl (C=O) groups is 6. The fourth-order valence-corrected chi connectivity index (χ4v) is 12.1. The lowest BCUT2D eigenvalue weighted by Gasteiger charge is -2.35. The smallest absolute Gasteiger partial charge is 0.246 e. The van der Waals surface area contributed by atoms with E-state index in [0.717, 1.165) is 121 Å². The summed E-state index contributed by atoms with van der Waals surface area (Å²) in [5.74, 6) is -0.0199. The van der Waals surface area contributed by atoms with Gasteiger partial charge in [-0.05, 0) is 111 Å². The first-order chi connectivity index (χ1) is 39.7. The highest BCUT2D eigenvalue weighted by Gasteiger charge is 2.44. The number of anilines is 2. The number of aliphatic hydroxyl groups excluding tert-OH is 1. The number of pyridine rings is 1. The average Bonchev–Trinajstić information content (AvgIpc) is 4.32. The van der Waals surface area contributed by atoms with Crippen LogP contribution < -0.4 is 26.2 Å². The Morgan fingerprint density at radius 1 is 0.831 bits per heavy atom. The van der Waals surface area contributed by atoms with Crippen molar-refractivity contribution in [3.8, 4) is 21.6 Å². The predicted molar refractivity (Wildman–Crippen MR) is 331 cm³/mol. The number of carbonyl (C=O) groups excluding carboxylic acids is 6. The van der Waals surface area contributed by atoms with Gasteiger partial charge in [-0.25, -0.2) is 9.97 Å². The number of unbranched alkanes of at least 4 members (excludes halogenated alkanes) is 6. The number of β-amino-alcohol motifs (C(OH)–C–C–N with tert-alkyl or cyclic N) is 1. The molecular weight excluding hydrogens is 1060 g/mol. The van der Waals surface area contributed by atoms with Crippen molar-refractivity contribution in [3.05, 3.63) is 105 Å². The number of hydrogen-bond acceptors (Lipinski definition) is 14. The van der Waals surface area contributed by atoms with Crippen LogP contribution in [0.25, 0.3) is 21.6 Å². The molecule has 6 N–H and O–H groups in total. The van der Waals surface area contributed by atoms with E-state index in [1.165, 1.54) is 11.1 Å². The van der Waals surface area contributed by atoms with E-state index in [0.29, 0.717) is 54.6 Å². The molecule has 18 heteroatoms. The lowest BCUT2D eigenvalue weighted by molar-refractivity contribution is -0.144. The summed E-state index contributed by atoms with van der Waals surface area (Å²) in [6, 6.07) is 14.2. The minimum absolute atomic E-state index is 0.0223. The second kappa shape index (κ2) is 30.1. The zero-order valence-electron chi connectivity index (χ0n) is 50.1. The summed E-state index contributed by atoms with van der Waals surface area (Å²) in [7, 11) is 0. The molecule has 1 aliphatic carbocycles. The van der Waals surface area contributed by atoms with Gasteiger partial charge in [-0.15, -0.1) is 11.3 Å². The first-order valence-corrected chi connectivity index (χ1v) is 30.7. The highest BCUT2D eigenvalue weighted by atomic mass is 32.1. The first-order valence-electron chi connectivity index (χ1n) is 29.8. The number of likely N-dealkylation sites (tertiary alicyclic amines) is 1. The molecule has 0 bridgehead atoms. The fraction of sp³-hybridized carbons (Fsp3) is 0.523. The van der Waals surface area contributed by atoms with Crippen LogP contribution in [0.15, 0.2) is 83.0 Å². The van der Waals surface area contributed by atoms with Crippen molar-refractivity contribution in [1.82, 2.24) is 35.7 Å². The van der Waals surface area contributed by atoms with Crippen LogP contribution in [-0.4, -0.2) is 136 Å². The SMILES string of the molecule is CC1=CC(C)=C(CCC(=O)c2cc(-c3ccc(N4CCN(CCNC(=O)CCCCCCCCCC(=O)N[C@H](C(=O)N5C[C@H](O)C[C@H]5C(=O)NCc5ccc(-c6scnc6C)cc5)C(C)(C)C)CC4)nc3)cc(NC(C)C)c2C=N)C(=O)C1. The lowest BCUT2D eigenvalue weighted by atomic mass is 9.85. The van der Waals surface area contributed by atoms with Gasteiger partial charge in [-0.2, -0.15) is 0 Å². The van der Waals surface area contributed by atoms with E-state index in [9.17, 15) is 33.9 Å². The monoisotopic (exact) mass is 1150 g/mol. The van der Waals surface area contributed by atoms with Gasteiger partial charge in [-0.1, -0.05) is 88.8 Å². The van der Waals surface area contributed by atoms with Gasteiger partial charge in [0.05, 0.1) is 22.2 Å². The Balaban J connectivity index is 0.752.